The van der Waals surface area contributed by atoms with Crippen LogP contribution in [0.3, 0.4) is 0 Å². The zero-order valence-electron chi connectivity index (χ0n) is 19.9. The number of benzene rings is 1. The molecular formula is C26H33N5O3. The zero-order valence-corrected chi connectivity index (χ0v) is 19.9. The van der Waals surface area contributed by atoms with Crippen molar-refractivity contribution in [2.45, 2.75) is 39.5 Å². The van der Waals surface area contributed by atoms with Gasteiger partial charge in [0.15, 0.2) is 0 Å². The van der Waals surface area contributed by atoms with Crippen molar-refractivity contribution in [3.8, 4) is 0 Å². The average molecular weight is 464 g/mol. The Bertz CT molecular complexity index is 1050. The van der Waals surface area contributed by atoms with Crippen LogP contribution in [0.1, 0.15) is 49.9 Å². The maximum atomic E-state index is 12.5. The third kappa shape index (κ3) is 5.32. The summed E-state index contributed by atoms with van der Waals surface area (Å²) in [5.74, 6) is 1.29. The van der Waals surface area contributed by atoms with Gasteiger partial charge in [-0.25, -0.2) is 9.78 Å². The number of rotatable bonds is 4. The van der Waals surface area contributed by atoms with Gasteiger partial charge in [-0.1, -0.05) is 12.1 Å². The van der Waals surface area contributed by atoms with Crippen molar-refractivity contribution in [3.63, 3.8) is 0 Å². The van der Waals surface area contributed by atoms with Gasteiger partial charge in [-0.3, -0.25) is 4.79 Å². The summed E-state index contributed by atoms with van der Waals surface area (Å²) in [5.41, 5.74) is 7.80. The summed E-state index contributed by atoms with van der Waals surface area (Å²) < 4.78 is 5.35. The number of nitrogen functional groups attached to an aromatic ring is 1. The van der Waals surface area contributed by atoms with Crippen molar-refractivity contribution in [1.82, 2.24) is 9.88 Å². The molecule has 2 aliphatic rings. The number of nitrogens with zero attached hydrogens (tertiary/aromatic N) is 3. The Kier molecular flexibility index (Phi) is 7.05. The topological polar surface area (TPSA) is 101 Å². The molecular weight excluding hydrogens is 430 g/mol. The van der Waals surface area contributed by atoms with Crippen LogP contribution >= 0.6 is 0 Å². The summed E-state index contributed by atoms with van der Waals surface area (Å²) in [6.45, 7) is 6.97. The van der Waals surface area contributed by atoms with Crippen LogP contribution in [0, 0.1) is 5.41 Å². The van der Waals surface area contributed by atoms with Crippen LogP contribution in [0.4, 0.5) is 22.0 Å². The summed E-state index contributed by atoms with van der Waals surface area (Å²) in [5, 5.41) is 2.83. The molecule has 0 bridgehead atoms. The van der Waals surface area contributed by atoms with Crippen LogP contribution in [0.15, 0.2) is 54.4 Å². The normalized spacial score (nSPS) is 18.0. The van der Waals surface area contributed by atoms with Gasteiger partial charge in [-0.05, 0) is 75.3 Å². The molecule has 2 saturated heterocycles. The number of para-hydroxylation sites is 2. The van der Waals surface area contributed by atoms with Crippen molar-refractivity contribution in [1.29, 1.82) is 0 Å². The first kappa shape index (κ1) is 23.6. The number of carbonyl (C=O) groups excluding carboxylic acids is 2. The van der Waals surface area contributed by atoms with E-state index < -0.39 is 0 Å². The van der Waals surface area contributed by atoms with Crippen LogP contribution in [0.25, 0.3) is 0 Å². The molecule has 0 atom stereocenters. The second kappa shape index (κ2) is 10.2. The van der Waals surface area contributed by atoms with Crippen molar-refractivity contribution < 1.29 is 14.3 Å². The third-order valence-electron chi connectivity index (χ3n) is 7.10. The van der Waals surface area contributed by atoms with Gasteiger partial charge in [-0.2, -0.15) is 0 Å². The van der Waals surface area contributed by atoms with Crippen LogP contribution in [-0.4, -0.2) is 48.1 Å². The number of anilines is 3. The van der Waals surface area contributed by atoms with E-state index in [1.165, 1.54) is 0 Å². The second-order valence-electron chi connectivity index (χ2n) is 9.19. The molecule has 0 radical (unpaired) electrons. The molecule has 8 nitrogen and oxygen atoms in total. The number of hydrogen-bond donors (Lipinski definition) is 2. The molecule has 1 aromatic heterocycles. The molecule has 2 fully saturated rings. The largest absolute Gasteiger partial charge is 0.415 e. The number of hydrogen-bond acceptors (Lipinski definition) is 6. The highest BCUT2D eigenvalue weighted by Gasteiger charge is 2.39. The minimum atomic E-state index is -0.244. The highest BCUT2D eigenvalue weighted by atomic mass is 16.6. The zero-order chi connectivity index (χ0) is 24.1. The molecule has 180 valence electrons. The van der Waals surface area contributed by atoms with E-state index in [0.717, 1.165) is 57.7 Å². The Labute approximate surface area is 200 Å². The quantitative estimate of drug-likeness (QED) is 0.505. The number of amides is 2. The van der Waals surface area contributed by atoms with E-state index >= 15 is 0 Å². The standard InChI is InChI=1S/C26H33N5O3/c1-3-19(2)34-25(33)31-16-12-26(13-17-31)10-14-30(15-11-26)23-9-8-20(18-28-23)24(32)29-22-7-5-4-6-21(22)27/h3-9,18H,10-17,27H2,1-2H3,(H,29,32)/b19-3+. The first-order valence-electron chi connectivity index (χ1n) is 11.9. The molecule has 1 aromatic carbocycles. The fourth-order valence-electron chi connectivity index (χ4n) is 4.65. The molecule has 3 heterocycles. The lowest BCUT2D eigenvalue weighted by Gasteiger charge is -2.46. The summed E-state index contributed by atoms with van der Waals surface area (Å²) in [4.78, 5) is 33.5. The fourth-order valence-corrected chi connectivity index (χ4v) is 4.65. The predicted octanol–water partition coefficient (Wildman–Crippen LogP) is 4.66. The molecule has 1 spiro atoms. The molecule has 34 heavy (non-hydrogen) atoms. The highest BCUT2D eigenvalue weighted by molar-refractivity contribution is 6.05. The van der Waals surface area contributed by atoms with Crippen molar-refractivity contribution in [2.75, 3.05) is 42.1 Å². The second-order valence-corrected chi connectivity index (χ2v) is 9.19. The van der Waals surface area contributed by atoms with E-state index in [2.05, 4.69) is 15.2 Å². The third-order valence-corrected chi connectivity index (χ3v) is 7.10. The molecule has 2 aromatic rings. The lowest BCUT2D eigenvalue weighted by atomic mass is 9.71. The van der Waals surface area contributed by atoms with E-state index in [1.807, 2.05) is 30.0 Å². The number of piperidine rings is 2. The highest BCUT2D eigenvalue weighted by Crippen LogP contribution is 2.42. The van der Waals surface area contributed by atoms with E-state index in [9.17, 15) is 9.59 Å². The number of nitrogens with one attached hydrogen (secondary N) is 1. The van der Waals surface area contributed by atoms with Gasteiger partial charge < -0.3 is 25.6 Å². The van der Waals surface area contributed by atoms with Gasteiger partial charge in [-0.15, -0.1) is 0 Å². The molecule has 2 amide bonds. The van der Waals surface area contributed by atoms with Crippen LogP contribution in [0.2, 0.25) is 0 Å². The number of ether oxygens (including phenoxy) is 1. The van der Waals surface area contributed by atoms with E-state index in [-0.39, 0.29) is 17.4 Å². The Balaban J connectivity index is 1.29. The lowest BCUT2D eigenvalue weighted by molar-refractivity contribution is 0.0669. The van der Waals surface area contributed by atoms with Crippen LogP contribution < -0.4 is 16.0 Å². The summed E-state index contributed by atoms with van der Waals surface area (Å²) >= 11 is 0. The van der Waals surface area contributed by atoms with Gasteiger partial charge in [0.25, 0.3) is 5.91 Å². The number of carbonyl (C=O) groups is 2. The Morgan fingerprint density at radius 3 is 2.35 bits per heavy atom. The monoisotopic (exact) mass is 463 g/mol. The van der Waals surface area contributed by atoms with Gasteiger partial charge >= 0.3 is 6.09 Å². The average Bonchev–Trinajstić information content (AvgIpc) is 2.86. The maximum absolute atomic E-state index is 12.5. The predicted molar refractivity (Wildman–Crippen MR) is 134 cm³/mol. The number of pyridine rings is 1. The first-order chi connectivity index (χ1) is 16.4. The van der Waals surface area contributed by atoms with Crippen molar-refractivity contribution in [3.05, 3.63) is 60.0 Å². The molecule has 8 heteroatoms. The molecule has 3 N–H and O–H groups in total. The molecule has 0 unspecified atom stereocenters. The number of allylic oxidation sites excluding steroid dienone is 2. The van der Waals surface area contributed by atoms with E-state index in [0.29, 0.717) is 22.7 Å². The lowest BCUT2D eigenvalue weighted by Crippen LogP contribution is -2.48. The van der Waals surface area contributed by atoms with Crippen molar-refractivity contribution in [2.24, 2.45) is 5.41 Å². The summed E-state index contributed by atoms with van der Waals surface area (Å²) in [7, 11) is 0. The van der Waals surface area contributed by atoms with E-state index in [1.54, 1.807) is 37.4 Å². The van der Waals surface area contributed by atoms with Gasteiger partial charge in [0.2, 0.25) is 0 Å². The SMILES string of the molecule is C/C=C(\C)OC(=O)N1CCC2(CC1)CCN(c1ccc(C(=O)Nc3ccccc3N)cn1)CC2. The summed E-state index contributed by atoms with van der Waals surface area (Å²) in [6, 6.07) is 10.9. The minimum absolute atomic E-state index is 0.232. The van der Waals surface area contributed by atoms with Crippen LogP contribution in [-0.2, 0) is 4.74 Å². The smallest absolute Gasteiger partial charge is 0.414 e. The molecule has 0 saturated carbocycles. The number of nitrogens with two attached hydrogens (primary N) is 1. The molecule has 2 aliphatic heterocycles. The molecule has 4 rings (SSSR count). The fraction of sp³-hybridized carbons (Fsp3) is 0.423. The van der Waals surface area contributed by atoms with Crippen LogP contribution in [0.5, 0.6) is 0 Å². The Hall–Kier alpha value is -3.55. The molecule has 0 aliphatic carbocycles. The van der Waals surface area contributed by atoms with Gasteiger partial charge in [0.1, 0.15) is 11.6 Å². The van der Waals surface area contributed by atoms with Gasteiger partial charge in [0.05, 0.1) is 16.9 Å². The van der Waals surface area contributed by atoms with Crippen molar-refractivity contribution >= 4 is 29.2 Å². The first-order valence-corrected chi connectivity index (χ1v) is 11.9. The van der Waals surface area contributed by atoms with Gasteiger partial charge in [0, 0.05) is 32.4 Å². The Morgan fingerprint density at radius 1 is 1.06 bits per heavy atom. The number of likely N-dealkylation sites (tertiary alicyclic amines) is 1. The Morgan fingerprint density at radius 2 is 1.74 bits per heavy atom. The van der Waals surface area contributed by atoms with E-state index in [4.69, 9.17) is 10.5 Å². The summed E-state index contributed by atoms with van der Waals surface area (Å²) in [6.07, 6.45) is 7.31. The minimum Gasteiger partial charge on any atom is -0.415 e. The maximum Gasteiger partial charge on any atom is 0.414 e. The number of aromatic nitrogens is 1.